The van der Waals surface area contributed by atoms with Gasteiger partial charge in [-0.2, -0.15) is 30.3 Å². The summed E-state index contributed by atoms with van der Waals surface area (Å²) < 4.78 is 0. The third-order valence-electron chi connectivity index (χ3n) is 2.15. The zero-order valence-electron chi connectivity index (χ0n) is 10.0. The Bertz CT molecular complexity index is 254. The summed E-state index contributed by atoms with van der Waals surface area (Å²) in [5.41, 5.74) is 1.33. The van der Waals surface area contributed by atoms with Crippen LogP contribution >= 0.6 is 9.53 Å². The second kappa shape index (κ2) is 10.3. The van der Waals surface area contributed by atoms with Gasteiger partial charge in [0.2, 0.25) is 0 Å². The predicted octanol–water partition coefficient (Wildman–Crippen LogP) is 2.17. The minimum absolute atomic E-state index is 1.01. The molecule has 0 saturated carbocycles. The topological polar surface area (TPSA) is 6.48 Å². The summed E-state index contributed by atoms with van der Waals surface area (Å²) in [6, 6.07) is 11.3. The third kappa shape index (κ3) is 8.27. The Morgan fingerprint density at radius 2 is 1.94 bits per heavy atom. The van der Waals surface area contributed by atoms with Crippen LogP contribution in [0.2, 0.25) is 0 Å². The van der Waals surface area contributed by atoms with Crippen molar-refractivity contribution in [3.05, 3.63) is 35.9 Å². The van der Waals surface area contributed by atoms with Crippen molar-refractivity contribution in [2.45, 2.75) is 6.54 Å². The molecule has 0 spiro atoms. The average molecular weight is 333 g/mol. The summed E-state index contributed by atoms with van der Waals surface area (Å²) >= 11 is 2.22. The van der Waals surface area contributed by atoms with Crippen LogP contribution < -0.4 is 0 Å². The SMILES string of the molecule is CN(C)CCN(C)Cc1c[c-]ccc1.[Cl][Pd+]. The number of nitrogens with zero attached hydrogens (tertiary/aromatic N) is 2. The Balaban J connectivity index is 0.00000106. The molecule has 0 heterocycles. The van der Waals surface area contributed by atoms with E-state index in [1.54, 1.807) is 0 Å². The molecule has 0 N–H and O–H groups in total. The van der Waals surface area contributed by atoms with Gasteiger partial charge in [-0.1, -0.05) is 0 Å². The number of hydrogen-bond donors (Lipinski definition) is 0. The molecule has 0 fully saturated rings. The van der Waals surface area contributed by atoms with Gasteiger partial charge in [-0.25, -0.2) is 0 Å². The van der Waals surface area contributed by atoms with Crippen LogP contribution in [0.3, 0.4) is 0 Å². The van der Waals surface area contributed by atoms with Crippen LogP contribution in [0, 0.1) is 6.07 Å². The van der Waals surface area contributed by atoms with Gasteiger partial charge in [0.05, 0.1) is 0 Å². The van der Waals surface area contributed by atoms with Gasteiger partial charge in [0.15, 0.2) is 0 Å². The van der Waals surface area contributed by atoms with Crippen molar-refractivity contribution in [1.29, 1.82) is 0 Å². The van der Waals surface area contributed by atoms with Gasteiger partial charge in [0.1, 0.15) is 0 Å². The number of rotatable bonds is 5. The third-order valence-corrected chi connectivity index (χ3v) is 2.15. The number of hydrogen-bond acceptors (Lipinski definition) is 2. The normalized spacial score (nSPS) is 10.2. The second-order valence-corrected chi connectivity index (χ2v) is 3.95. The number of benzene rings is 1. The molecule has 16 heavy (non-hydrogen) atoms. The maximum atomic E-state index is 4.49. The Hall–Kier alpha value is 0.0923. The summed E-state index contributed by atoms with van der Waals surface area (Å²) in [5.74, 6) is 0. The summed E-state index contributed by atoms with van der Waals surface area (Å²) in [6.45, 7) is 3.21. The summed E-state index contributed by atoms with van der Waals surface area (Å²) in [4.78, 5) is 4.52. The molecule has 4 heteroatoms. The molecule has 0 atom stereocenters. The van der Waals surface area contributed by atoms with E-state index < -0.39 is 0 Å². The van der Waals surface area contributed by atoms with Crippen LogP contribution in [-0.2, 0) is 24.7 Å². The first-order chi connectivity index (χ1) is 7.68. The van der Waals surface area contributed by atoms with Crippen molar-refractivity contribution in [3.8, 4) is 0 Å². The van der Waals surface area contributed by atoms with E-state index in [-0.39, 0.29) is 0 Å². The van der Waals surface area contributed by atoms with E-state index in [0.29, 0.717) is 0 Å². The number of halogens is 1. The molecule has 0 aliphatic heterocycles. The second-order valence-electron chi connectivity index (χ2n) is 3.95. The van der Waals surface area contributed by atoms with Crippen LogP contribution in [0.25, 0.3) is 0 Å². The maximum absolute atomic E-state index is 4.49. The van der Waals surface area contributed by atoms with Gasteiger partial charge in [0, 0.05) is 13.1 Å². The van der Waals surface area contributed by atoms with Crippen molar-refractivity contribution < 1.29 is 18.2 Å². The van der Waals surface area contributed by atoms with Crippen molar-refractivity contribution in [1.82, 2.24) is 9.80 Å². The zero-order valence-corrected chi connectivity index (χ0v) is 12.3. The fourth-order valence-corrected chi connectivity index (χ4v) is 1.29. The van der Waals surface area contributed by atoms with Gasteiger partial charge in [-0.15, -0.1) is 5.56 Å². The monoisotopic (exact) mass is 332 g/mol. The van der Waals surface area contributed by atoms with Gasteiger partial charge >= 0.3 is 27.7 Å². The summed E-state index contributed by atoms with van der Waals surface area (Å²) in [7, 11) is 10.8. The first-order valence-corrected chi connectivity index (χ1v) is 7.09. The van der Waals surface area contributed by atoms with E-state index in [0.717, 1.165) is 19.6 Å². The van der Waals surface area contributed by atoms with E-state index in [1.807, 2.05) is 18.2 Å². The Morgan fingerprint density at radius 1 is 1.25 bits per heavy atom. The molecule has 0 aromatic heterocycles. The van der Waals surface area contributed by atoms with Crippen molar-refractivity contribution in [3.63, 3.8) is 0 Å². The van der Waals surface area contributed by atoms with Gasteiger partial charge in [0.25, 0.3) is 0 Å². The molecule has 1 aromatic rings. The molecular weight excluding hydrogens is 314 g/mol. The molecule has 0 amide bonds. The van der Waals surface area contributed by atoms with Crippen LogP contribution in [0.15, 0.2) is 24.3 Å². The van der Waals surface area contributed by atoms with Crippen LogP contribution in [0.5, 0.6) is 0 Å². The van der Waals surface area contributed by atoms with Gasteiger partial charge < -0.3 is 9.80 Å². The molecule has 1 rings (SSSR count). The predicted molar refractivity (Wildman–Crippen MR) is 66.0 cm³/mol. The zero-order chi connectivity index (χ0) is 12.4. The molecule has 2 nitrogen and oxygen atoms in total. The first-order valence-electron chi connectivity index (χ1n) is 5.08. The standard InChI is InChI=1S/C12H19N2.ClH.Pd/c1-13(2)9-10-14(3)11-12-7-5-4-6-8-12;;/h4-5,7-8H,9-11H2,1-3H3;1H;/q-1;;+2/p-1. The van der Waals surface area contributed by atoms with Crippen molar-refractivity contribution in [2.75, 3.05) is 34.2 Å². The molecule has 0 unspecified atom stereocenters. The van der Waals surface area contributed by atoms with Gasteiger partial charge in [-0.05, 0) is 27.7 Å². The fraction of sp³-hybridized carbons (Fsp3) is 0.500. The first kappa shape index (κ1) is 16.1. The van der Waals surface area contributed by atoms with Crippen LogP contribution in [0.4, 0.5) is 0 Å². The molecule has 0 bridgehead atoms. The van der Waals surface area contributed by atoms with Crippen LogP contribution in [-0.4, -0.2) is 44.0 Å². The molecule has 0 aliphatic rings. The molecule has 0 aliphatic carbocycles. The average Bonchev–Trinajstić information content (AvgIpc) is 2.30. The van der Waals surface area contributed by atoms with E-state index in [9.17, 15) is 0 Å². The van der Waals surface area contributed by atoms with E-state index in [4.69, 9.17) is 0 Å². The Kier molecular flexibility index (Phi) is 10.3. The fourth-order valence-electron chi connectivity index (χ4n) is 1.29. The molecule has 94 valence electrons. The molecule has 1 aromatic carbocycles. The number of likely N-dealkylation sites (N-methyl/N-ethyl adjacent to an activating group) is 2. The quantitative estimate of drug-likeness (QED) is 0.602. The van der Waals surface area contributed by atoms with E-state index >= 15 is 0 Å². The van der Waals surface area contributed by atoms with Crippen LogP contribution in [0.1, 0.15) is 5.56 Å². The minimum atomic E-state index is 1.01. The Morgan fingerprint density at radius 3 is 2.44 bits per heavy atom. The van der Waals surface area contributed by atoms with Gasteiger partial charge in [-0.3, -0.25) is 0 Å². The van der Waals surface area contributed by atoms with Crippen molar-refractivity contribution in [2.24, 2.45) is 0 Å². The van der Waals surface area contributed by atoms with Crippen molar-refractivity contribution >= 4 is 9.53 Å². The van der Waals surface area contributed by atoms with E-state index in [1.165, 1.54) is 5.56 Å². The molecule has 0 saturated heterocycles. The molecule has 0 radical (unpaired) electrons. The van der Waals surface area contributed by atoms with E-state index in [2.05, 4.69) is 70.8 Å². The Labute approximate surface area is 114 Å². The summed E-state index contributed by atoms with van der Waals surface area (Å²) in [6.07, 6.45) is 0. The molecular formula is C12H19ClN2Pd. The summed E-state index contributed by atoms with van der Waals surface area (Å²) in [5, 5.41) is 0.